The van der Waals surface area contributed by atoms with Crippen LogP contribution >= 0.6 is 0 Å². The maximum absolute atomic E-state index is 11.4. The molecule has 0 amide bonds. The summed E-state index contributed by atoms with van der Waals surface area (Å²) in [7, 11) is 0. The molecule has 0 aromatic rings. The molecule has 2 saturated heterocycles. The second kappa shape index (κ2) is 4.55. The third-order valence-corrected chi connectivity index (χ3v) is 4.23. The van der Waals surface area contributed by atoms with Gasteiger partial charge in [0.25, 0.3) is 0 Å². The molecule has 2 heterocycles. The van der Waals surface area contributed by atoms with Crippen molar-refractivity contribution in [2.45, 2.75) is 19.9 Å². The molecule has 5 heteroatoms. The van der Waals surface area contributed by atoms with Crippen molar-refractivity contribution in [1.29, 1.82) is 0 Å². The van der Waals surface area contributed by atoms with Crippen LogP contribution in [0.5, 0.6) is 0 Å². The highest BCUT2D eigenvalue weighted by molar-refractivity contribution is 5.72. The lowest BCUT2D eigenvalue weighted by atomic mass is 9.63. The molecule has 0 aromatic heterocycles. The molecule has 3 unspecified atom stereocenters. The number of hydrogen-bond acceptors (Lipinski definition) is 4. The van der Waals surface area contributed by atoms with Crippen LogP contribution in [0.2, 0.25) is 0 Å². The first kappa shape index (κ1) is 12.8. The van der Waals surface area contributed by atoms with Crippen LogP contribution in [0.4, 0.5) is 0 Å². The summed E-state index contributed by atoms with van der Waals surface area (Å²) in [6.45, 7) is 7.57. The number of carbonyl (C=O) groups is 1. The molecule has 1 spiro atoms. The standard InChI is InChI=1S/C12H22N2O3/c1-8-3-14(4-9(2)13)5-10(11(15)16)12(8)6-17-7-12/h8-10H,3-7,13H2,1-2H3,(H,15,16). The third-order valence-electron chi connectivity index (χ3n) is 4.23. The molecule has 3 atom stereocenters. The van der Waals surface area contributed by atoms with E-state index in [0.29, 0.717) is 25.7 Å². The smallest absolute Gasteiger partial charge is 0.308 e. The second-order valence-electron chi connectivity index (χ2n) is 5.71. The minimum absolute atomic E-state index is 0.0864. The lowest BCUT2D eigenvalue weighted by Crippen LogP contribution is -2.64. The Morgan fingerprint density at radius 2 is 2.24 bits per heavy atom. The van der Waals surface area contributed by atoms with E-state index in [-0.39, 0.29) is 17.4 Å². The Balaban J connectivity index is 2.11. The number of piperidine rings is 1. The van der Waals surface area contributed by atoms with Crippen LogP contribution in [0.1, 0.15) is 13.8 Å². The summed E-state index contributed by atoms with van der Waals surface area (Å²) in [4.78, 5) is 13.6. The zero-order valence-electron chi connectivity index (χ0n) is 10.6. The summed E-state index contributed by atoms with van der Waals surface area (Å²) in [6.07, 6.45) is 0. The van der Waals surface area contributed by atoms with Gasteiger partial charge in [-0.05, 0) is 12.8 Å². The predicted octanol–water partition coefficient (Wildman–Crippen LogP) is 0.00270. The zero-order chi connectivity index (χ0) is 12.6. The van der Waals surface area contributed by atoms with Gasteiger partial charge in [0.1, 0.15) is 0 Å². The Morgan fingerprint density at radius 3 is 2.65 bits per heavy atom. The number of likely N-dealkylation sites (tertiary alicyclic amines) is 1. The number of hydrogen-bond donors (Lipinski definition) is 2. The van der Waals surface area contributed by atoms with Gasteiger partial charge >= 0.3 is 5.97 Å². The lowest BCUT2D eigenvalue weighted by molar-refractivity contribution is -0.210. The van der Waals surface area contributed by atoms with E-state index in [1.165, 1.54) is 0 Å². The average molecular weight is 242 g/mol. The molecule has 0 aromatic carbocycles. The van der Waals surface area contributed by atoms with Gasteiger partial charge in [-0.3, -0.25) is 4.79 Å². The van der Waals surface area contributed by atoms with E-state index in [1.54, 1.807) is 0 Å². The molecular formula is C12H22N2O3. The highest BCUT2D eigenvalue weighted by Crippen LogP contribution is 2.46. The fraction of sp³-hybridized carbons (Fsp3) is 0.917. The number of ether oxygens (including phenoxy) is 1. The summed E-state index contributed by atoms with van der Waals surface area (Å²) < 4.78 is 5.28. The Kier molecular flexibility index (Phi) is 3.43. The molecule has 0 aliphatic carbocycles. The first-order chi connectivity index (χ1) is 7.95. The predicted molar refractivity (Wildman–Crippen MR) is 63.6 cm³/mol. The van der Waals surface area contributed by atoms with Crippen LogP contribution in [0, 0.1) is 17.3 Å². The Bertz CT molecular complexity index is 302. The Labute approximate surface area is 102 Å². The Hall–Kier alpha value is -0.650. The Morgan fingerprint density at radius 1 is 1.59 bits per heavy atom. The largest absolute Gasteiger partial charge is 0.481 e. The third kappa shape index (κ3) is 2.19. The van der Waals surface area contributed by atoms with E-state index in [4.69, 9.17) is 10.5 Å². The molecule has 0 saturated carbocycles. The summed E-state index contributed by atoms with van der Waals surface area (Å²) in [5.74, 6) is -0.668. The van der Waals surface area contributed by atoms with Gasteiger partial charge in [-0.25, -0.2) is 0 Å². The van der Waals surface area contributed by atoms with Crippen LogP contribution in [-0.2, 0) is 9.53 Å². The monoisotopic (exact) mass is 242 g/mol. The average Bonchev–Trinajstić information content (AvgIpc) is 2.12. The van der Waals surface area contributed by atoms with Gasteiger partial charge in [-0.15, -0.1) is 0 Å². The number of carboxylic acid groups (broad SMARTS) is 1. The van der Waals surface area contributed by atoms with Crippen molar-refractivity contribution >= 4 is 5.97 Å². The summed E-state index contributed by atoms with van der Waals surface area (Å²) in [5.41, 5.74) is 5.65. The first-order valence-electron chi connectivity index (χ1n) is 6.24. The minimum atomic E-state index is -0.700. The maximum Gasteiger partial charge on any atom is 0.308 e. The van der Waals surface area contributed by atoms with Crippen LogP contribution < -0.4 is 5.73 Å². The van der Waals surface area contributed by atoms with Crippen LogP contribution in [-0.4, -0.2) is 54.9 Å². The van der Waals surface area contributed by atoms with E-state index in [2.05, 4.69) is 11.8 Å². The number of carboxylic acids is 1. The van der Waals surface area contributed by atoms with Gasteiger partial charge in [-0.1, -0.05) is 6.92 Å². The molecule has 0 bridgehead atoms. The number of nitrogens with zero attached hydrogens (tertiary/aromatic N) is 1. The molecule has 2 fully saturated rings. The van der Waals surface area contributed by atoms with Gasteiger partial charge in [0, 0.05) is 31.1 Å². The van der Waals surface area contributed by atoms with Gasteiger partial charge in [-0.2, -0.15) is 0 Å². The topological polar surface area (TPSA) is 75.8 Å². The molecule has 98 valence electrons. The van der Waals surface area contributed by atoms with Gasteiger partial charge in [0.2, 0.25) is 0 Å². The molecule has 3 N–H and O–H groups in total. The molecule has 17 heavy (non-hydrogen) atoms. The van der Waals surface area contributed by atoms with Crippen LogP contribution in [0.3, 0.4) is 0 Å². The molecule has 0 radical (unpaired) electrons. The number of nitrogens with two attached hydrogens (primary N) is 1. The molecule has 5 nitrogen and oxygen atoms in total. The van der Waals surface area contributed by atoms with Crippen molar-refractivity contribution in [3.05, 3.63) is 0 Å². The van der Waals surface area contributed by atoms with E-state index in [0.717, 1.165) is 13.1 Å². The summed E-state index contributed by atoms with van der Waals surface area (Å²) >= 11 is 0. The van der Waals surface area contributed by atoms with Crippen molar-refractivity contribution in [2.24, 2.45) is 23.0 Å². The van der Waals surface area contributed by atoms with Gasteiger partial charge in [0.15, 0.2) is 0 Å². The van der Waals surface area contributed by atoms with Gasteiger partial charge in [0.05, 0.1) is 19.1 Å². The van der Waals surface area contributed by atoms with E-state index < -0.39 is 5.97 Å². The highest BCUT2D eigenvalue weighted by Gasteiger charge is 2.55. The summed E-state index contributed by atoms with van der Waals surface area (Å²) in [5, 5.41) is 9.40. The summed E-state index contributed by atoms with van der Waals surface area (Å²) in [6, 6.07) is 0.0864. The maximum atomic E-state index is 11.4. The number of aliphatic carboxylic acids is 1. The quantitative estimate of drug-likeness (QED) is 0.728. The van der Waals surface area contributed by atoms with E-state index in [9.17, 15) is 9.90 Å². The van der Waals surface area contributed by atoms with Gasteiger partial charge < -0.3 is 20.5 Å². The van der Waals surface area contributed by atoms with E-state index in [1.807, 2.05) is 6.92 Å². The van der Waals surface area contributed by atoms with E-state index >= 15 is 0 Å². The van der Waals surface area contributed by atoms with Crippen molar-refractivity contribution in [1.82, 2.24) is 4.90 Å². The van der Waals surface area contributed by atoms with Crippen LogP contribution in [0.15, 0.2) is 0 Å². The fourth-order valence-electron chi connectivity index (χ4n) is 3.13. The molecule has 2 aliphatic heterocycles. The lowest BCUT2D eigenvalue weighted by Gasteiger charge is -2.55. The second-order valence-corrected chi connectivity index (χ2v) is 5.71. The molecule has 2 aliphatic rings. The van der Waals surface area contributed by atoms with Crippen molar-refractivity contribution in [3.63, 3.8) is 0 Å². The first-order valence-corrected chi connectivity index (χ1v) is 6.24. The molecule has 2 rings (SSSR count). The highest BCUT2D eigenvalue weighted by atomic mass is 16.5. The zero-order valence-corrected chi connectivity index (χ0v) is 10.6. The van der Waals surface area contributed by atoms with Crippen molar-refractivity contribution < 1.29 is 14.6 Å². The molecular weight excluding hydrogens is 220 g/mol. The number of rotatable bonds is 3. The van der Waals surface area contributed by atoms with Crippen molar-refractivity contribution in [3.8, 4) is 0 Å². The van der Waals surface area contributed by atoms with Crippen LogP contribution in [0.25, 0.3) is 0 Å². The normalized spacial score (nSPS) is 34.3. The minimum Gasteiger partial charge on any atom is -0.481 e. The SMILES string of the molecule is CC(N)CN1CC(C)C2(COC2)C(C(=O)O)C1. The fourth-order valence-corrected chi connectivity index (χ4v) is 3.13. The van der Waals surface area contributed by atoms with Crippen molar-refractivity contribution in [2.75, 3.05) is 32.8 Å².